The number of hydrogen-bond donors (Lipinski definition) is 0. The molecule has 0 unspecified atom stereocenters. The maximum atomic E-state index is 5.97. The van der Waals surface area contributed by atoms with Crippen LogP contribution in [0.5, 0.6) is 0 Å². The maximum Gasteiger partial charge on any atom is 0.0918 e. The van der Waals surface area contributed by atoms with E-state index in [0.29, 0.717) is 132 Å². The first-order valence-electron chi connectivity index (χ1n) is 16.4. The third-order valence-electron chi connectivity index (χ3n) is 6.97. The van der Waals surface area contributed by atoms with Crippen LogP contribution in [-0.4, -0.2) is 155 Å². The van der Waals surface area contributed by atoms with Crippen LogP contribution < -0.4 is 0 Å². The SMILES string of the molecule is c1cc(CCCN2CCOCCOCCOCCOCCO2)ccc1CCCN1CCOCCOCCOCCOCCO1. The molecule has 2 aliphatic heterocycles. The Kier molecular flexibility index (Phi) is 22.8. The van der Waals surface area contributed by atoms with E-state index >= 15 is 0 Å². The Morgan fingerprint density at radius 3 is 0.955 bits per heavy atom. The van der Waals surface area contributed by atoms with Crippen molar-refractivity contribution in [2.75, 3.05) is 145 Å². The second kappa shape index (κ2) is 26.9. The van der Waals surface area contributed by atoms with E-state index in [1.807, 2.05) is 10.1 Å². The Morgan fingerprint density at radius 2 is 0.636 bits per heavy atom. The standard InChI is InChI=1S/C32H56N2O10/c1(9-33-11-13-35-15-17-37-19-21-39-23-25-41-27-29-43-33)3-31-5-7-32(8-6-31)4-2-10-34-12-14-36-16-18-38-20-22-40-24-26-42-28-30-44-34/h5-8H,1-4,9-30H2. The predicted molar refractivity (Wildman–Crippen MR) is 165 cm³/mol. The van der Waals surface area contributed by atoms with E-state index in [1.165, 1.54) is 11.1 Å². The molecule has 0 saturated carbocycles. The molecular weight excluding hydrogens is 572 g/mol. The molecule has 2 heterocycles. The largest absolute Gasteiger partial charge is 0.378 e. The van der Waals surface area contributed by atoms with E-state index in [2.05, 4.69) is 24.3 Å². The van der Waals surface area contributed by atoms with Crippen molar-refractivity contribution in [3.63, 3.8) is 0 Å². The molecule has 0 aliphatic carbocycles. The number of benzene rings is 1. The first kappa shape index (κ1) is 37.2. The lowest BCUT2D eigenvalue weighted by Gasteiger charge is -2.22. The van der Waals surface area contributed by atoms with E-state index in [9.17, 15) is 0 Å². The lowest BCUT2D eigenvalue weighted by atomic mass is 10.0. The zero-order chi connectivity index (χ0) is 30.6. The van der Waals surface area contributed by atoms with Crippen LogP contribution in [-0.2, 0) is 60.4 Å². The van der Waals surface area contributed by atoms with E-state index in [1.54, 1.807) is 0 Å². The summed E-state index contributed by atoms with van der Waals surface area (Å²) in [4.78, 5) is 11.9. The summed E-state index contributed by atoms with van der Waals surface area (Å²) in [6.45, 7) is 13.2. The fourth-order valence-electron chi connectivity index (χ4n) is 4.58. The van der Waals surface area contributed by atoms with Crippen LogP contribution in [0.4, 0.5) is 0 Å². The summed E-state index contributed by atoms with van der Waals surface area (Å²) >= 11 is 0. The van der Waals surface area contributed by atoms with Gasteiger partial charge in [-0.2, -0.15) is 10.1 Å². The lowest BCUT2D eigenvalue weighted by molar-refractivity contribution is -0.178. The van der Waals surface area contributed by atoms with E-state index in [4.69, 9.17) is 47.6 Å². The first-order chi connectivity index (χ1) is 21.9. The highest BCUT2D eigenvalue weighted by atomic mass is 16.7. The number of nitrogens with zero attached hydrogens (tertiary/aromatic N) is 2. The molecule has 0 aromatic heterocycles. The highest BCUT2D eigenvalue weighted by molar-refractivity contribution is 5.22. The molecule has 0 atom stereocenters. The van der Waals surface area contributed by atoms with Crippen molar-refractivity contribution in [3.05, 3.63) is 35.4 Å². The third kappa shape index (κ3) is 20.0. The molecule has 44 heavy (non-hydrogen) atoms. The summed E-state index contributed by atoms with van der Waals surface area (Å²) in [5.41, 5.74) is 2.66. The van der Waals surface area contributed by atoms with Crippen LogP contribution in [0, 0.1) is 0 Å². The minimum atomic E-state index is 0.519. The van der Waals surface area contributed by atoms with Crippen molar-refractivity contribution in [1.82, 2.24) is 10.1 Å². The maximum absolute atomic E-state index is 5.97. The zero-order valence-electron chi connectivity index (χ0n) is 26.7. The molecule has 0 N–H and O–H groups in total. The number of hydrogen-bond acceptors (Lipinski definition) is 12. The highest BCUT2D eigenvalue weighted by Crippen LogP contribution is 2.10. The Hall–Kier alpha value is -1.26. The summed E-state index contributed by atoms with van der Waals surface area (Å²) in [7, 11) is 0. The number of aryl methyl sites for hydroxylation is 2. The first-order valence-corrected chi connectivity index (χ1v) is 16.4. The van der Waals surface area contributed by atoms with Crippen LogP contribution in [0.25, 0.3) is 0 Å². The van der Waals surface area contributed by atoms with Gasteiger partial charge in [0, 0.05) is 26.2 Å². The topological polar surface area (TPSA) is 98.8 Å². The van der Waals surface area contributed by atoms with Crippen molar-refractivity contribution in [1.29, 1.82) is 0 Å². The average Bonchev–Trinajstić information content (AvgIpc) is 3.03. The Balaban J connectivity index is 1.32. The molecule has 0 amide bonds. The van der Waals surface area contributed by atoms with Gasteiger partial charge in [0.05, 0.1) is 119 Å². The summed E-state index contributed by atoms with van der Waals surface area (Å²) in [5, 5.41) is 3.98. The van der Waals surface area contributed by atoms with Crippen LogP contribution >= 0.6 is 0 Å². The van der Waals surface area contributed by atoms with Gasteiger partial charge in [-0.15, -0.1) is 0 Å². The van der Waals surface area contributed by atoms with E-state index in [-0.39, 0.29) is 0 Å². The molecule has 254 valence electrons. The molecule has 2 fully saturated rings. The molecule has 12 nitrogen and oxygen atoms in total. The lowest BCUT2D eigenvalue weighted by Crippen LogP contribution is -2.31. The molecule has 1 aromatic rings. The Bertz CT molecular complexity index is 681. The molecule has 2 aliphatic rings. The summed E-state index contributed by atoms with van der Waals surface area (Å²) < 4.78 is 44.6. The molecule has 3 rings (SSSR count). The molecule has 12 heteroatoms. The van der Waals surface area contributed by atoms with E-state index in [0.717, 1.165) is 38.8 Å². The monoisotopic (exact) mass is 628 g/mol. The van der Waals surface area contributed by atoms with Crippen LogP contribution in [0.3, 0.4) is 0 Å². The minimum absolute atomic E-state index is 0.519. The van der Waals surface area contributed by atoms with Crippen molar-refractivity contribution in [2.24, 2.45) is 0 Å². The normalized spacial score (nSPS) is 22.0. The van der Waals surface area contributed by atoms with Gasteiger partial charge in [-0.3, -0.25) is 9.68 Å². The second-order valence-electron chi connectivity index (χ2n) is 10.4. The van der Waals surface area contributed by atoms with Gasteiger partial charge in [0.1, 0.15) is 0 Å². The molecule has 0 spiro atoms. The third-order valence-corrected chi connectivity index (χ3v) is 6.97. The fraction of sp³-hybridized carbons (Fsp3) is 0.812. The van der Waals surface area contributed by atoms with Gasteiger partial charge in [-0.25, -0.2) is 0 Å². The number of hydroxylamine groups is 4. The summed E-state index contributed by atoms with van der Waals surface area (Å²) in [6.07, 6.45) is 3.97. The quantitative estimate of drug-likeness (QED) is 0.422. The van der Waals surface area contributed by atoms with Crippen LogP contribution in [0.15, 0.2) is 24.3 Å². The van der Waals surface area contributed by atoms with Crippen molar-refractivity contribution >= 4 is 0 Å². The van der Waals surface area contributed by atoms with Gasteiger partial charge in [-0.1, -0.05) is 24.3 Å². The molecule has 2 saturated heterocycles. The summed E-state index contributed by atoms with van der Waals surface area (Å²) in [6, 6.07) is 8.96. The zero-order valence-corrected chi connectivity index (χ0v) is 26.7. The smallest absolute Gasteiger partial charge is 0.0918 e. The molecular formula is C32H56N2O10. The molecule has 0 radical (unpaired) electrons. The van der Waals surface area contributed by atoms with Crippen molar-refractivity contribution in [3.8, 4) is 0 Å². The van der Waals surface area contributed by atoms with Crippen molar-refractivity contribution in [2.45, 2.75) is 25.7 Å². The number of rotatable bonds is 8. The summed E-state index contributed by atoms with van der Waals surface area (Å²) in [5.74, 6) is 0. The van der Waals surface area contributed by atoms with Gasteiger partial charge in [0.15, 0.2) is 0 Å². The van der Waals surface area contributed by atoms with Crippen LogP contribution in [0.2, 0.25) is 0 Å². The fourth-order valence-corrected chi connectivity index (χ4v) is 4.58. The number of ether oxygens (including phenoxy) is 8. The average molecular weight is 629 g/mol. The molecule has 0 bridgehead atoms. The van der Waals surface area contributed by atoms with Crippen molar-refractivity contribution < 1.29 is 47.6 Å². The highest BCUT2D eigenvalue weighted by Gasteiger charge is 2.09. The van der Waals surface area contributed by atoms with Gasteiger partial charge < -0.3 is 37.9 Å². The van der Waals surface area contributed by atoms with Crippen LogP contribution in [0.1, 0.15) is 24.0 Å². The molecule has 1 aromatic carbocycles. The van der Waals surface area contributed by atoms with Gasteiger partial charge in [0.2, 0.25) is 0 Å². The minimum Gasteiger partial charge on any atom is -0.378 e. The van der Waals surface area contributed by atoms with Gasteiger partial charge in [-0.05, 0) is 36.8 Å². The van der Waals surface area contributed by atoms with Gasteiger partial charge in [0.25, 0.3) is 0 Å². The Labute approximate surface area is 263 Å². The predicted octanol–water partition coefficient (Wildman–Crippen LogP) is 2.18. The Morgan fingerprint density at radius 1 is 0.364 bits per heavy atom. The second-order valence-corrected chi connectivity index (χ2v) is 10.4. The van der Waals surface area contributed by atoms with Gasteiger partial charge >= 0.3 is 0 Å². The van der Waals surface area contributed by atoms with E-state index < -0.39 is 0 Å².